The quantitative estimate of drug-likeness (QED) is 0.943. The van der Waals surface area contributed by atoms with Gasteiger partial charge in [-0.25, -0.2) is 4.98 Å². The van der Waals surface area contributed by atoms with Crippen LogP contribution in [-0.2, 0) is 4.79 Å². The minimum absolute atomic E-state index is 0.140. The van der Waals surface area contributed by atoms with Gasteiger partial charge >= 0.3 is 0 Å². The van der Waals surface area contributed by atoms with E-state index in [1.807, 2.05) is 37.3 Å². The standard InChI is InChI=1S/C16H17N3O2S/c1-10-13(16(21)19-9-5-8-12(19)14(17)20)22-15(18-10)11-6-3-2-4-7-11/h2-4,6-7,12H,5,8-9H2,1H3,(H2,17,20). The molecule has 1 fully saturated rings. The highest BCUT2D eigenvalue weighted by Crippen LogP contribution is 2.30. The molecule has 0 saturated carbocycles. The number of hydrogen-bond donors (Lipinski definition) is 1. The number of primary amides is 1. The van der Waals surface area contributed by atoms with Crippen LogP contribution >= 0.6 is 11.3 Å². The summed E-state index contributed by atoms with van der Waals surface area (Å²) in [5.41, 5.74) is 7.08. The molecule has 2 heterocycles. The molecular formula is C16H17N3O2S. The number of benzene rings is 1. The lowest BCUT2D eigenvalue weighted by atomic mass is 10.2. The maximum absolute atomic E-state index is 12.7. The normalized spacial score (nSPS) is 17.7. The van der Waals surface area contributed by atoms with Gasteiger partial charge in [-0.3, -0.25) is 9.59 Å². The Kier molecular flexibility index (Phi) is 3.94. The van der Waals surface area contributed by atoms with Crippen LogP contribution in [0.1, 0.15) is 28.2 Å². The summed E-state index contributed by atoms with van der Waals surface area (Å²) in [6.07, 6.45) is 1.45. The maximum Gasteiger partial charge on any atom is 0.266 e. The molecule has 22 heavy (non-hydrogen) atoms. The Labute approximate surface area is 132 Å². The summed E-state index contributed by atoms with van der Waals surface area (Å²) in [6.45, 7) is 2.40. The number of carbonyl (C=O) groups is 2. The third-order valence-electron chi connectivity index (χ3n) is 3.85. The van der Waals surface area contributed by atoms with E-state index in [-0.39, 0.29) is 5.91 Å². The van der Waals surface area contributed by atoms with E-state index in [4.69, 9.17) is 5.73 Å². The Balaban J connectivity index is 1.91. The maximum atomic E-state index is 12.7. The van der Waals surface area contributed by atoms with Crippen molar-refractivity contribution in [2.45, 2.75) is 25.8 Å². The van der Waals surface area contributed by atoms with Gasteiger partial charge in [0.15, 0.2) is 0 Å². The minimum Gasteiger partial charge on any atom is -0.368 e. The number of hydrogen-bond acceptors (Lipinski definition) is 4. The highest BCUT2D eigenvalue weighted by molar-refractivity contribution is 7.17. The van der Waals surface area contributed by atoms with Crippen molar-refractivity contribution < 1.29 is 9.59 Å². The van der Waals surface area contributed by atoms with Gasteiger partial charge < -0.3 is 10.6 Å². The summed E-state index contributed by atoms with van der Waals surface area (Å²) in [4.78, 5) is 30.9. The average Bonchev–Trinajstić information content (AvgIpc) is 3.14. The van der Waals surface area contributed by atoms with Gasteiger partial charge in [-0.2, -0.15) is 0 Å². The first-order valence-electron chi connectivity index (χ1n) is 7.21. The predicted octanol–water partition coefficient (Wildman–Crippen LogP) is 2.21. The number of carbonyl (C=O) groups excluding carboxylic acids is 2. The molecule has 1 unspecified atom stereocenters. The summed E-state index contributed by atoms with van der Waals surface area (Å²) >= 11 is 1.37. The van der Waals surface area contributed by atoms with Crippen LogP contribution in [-0.4, -0.2) is 34.3 Å². The lowest BCUT2D eigenvalue weighted by molar-refractivity contribution is -0.121. The molecule has 1 aliphatic heterocycles. The zero-order valence-electron chi connectivity index (χ0n) is 12.3. The first kappa shape index (κ1) is 14.7. The smallest absolute Gasteiger partial charge is 0.266 e. The molecular weight excluding hydrogens is 298 g/mol. The summed E-state index contributed by atoms with van der Waals surface area (Å²) in [7, 11) is 0. The number of thiazole rings is 1. The fourth-order valence-electron chi connectivity index (χ4n) is 2.74. The monoisotopic (exact) mass is 315 g/mol. The van der Waals surface area contributed by atoms with Crippen LogP contribution in [0, 0.1) is 6.92 Å². The summed E-state index contributed by atoms with van der Waals surface area (Å²) in [6, 6.07) is 9.27. The Morgan fingerprint density at radius 3 is 2.73 bits per heavy atom. The number of aryl methyl sites for hydroxylation is 1. The molecule has 0 spiro atoms. The third kappa shape index (κ3) is 2.62. The Morgan fingerprint density at radius 1 is 1.32 bits per heavy atom. The fraction of sp³-hybridized carbons (Fsp3) is 0.312. The Morgan fingerprint density at radius 2 is 2.05 bits per heavy atom. The Hall–Kier alpha value is -2.21. The van der Waals surface area contributed by atoms with Crippen LogP contribution in [0.3, 0.4) is 0 Å². The van der Waals surface area contributed by atoms with Gasteiger partial charge in [0.1, 0.15) is 15.9 Å². The van der Waals surface area contributed by atoms with E-state index in [1.165, 1.54) is 11.3 Å². The van der Waals surface area contributed by atoms with Crippen molar-refractivity contribution in [3.05, 3.63) is 40.9 Å². The van der Waals surface area contributed by atoms with Crippen molar-refractivity contribution in [2.24, 2.45) is 5.73 Å². The van der Waals surface area contributed by atoms with Crippen LogP contribution in [0.2, 0.25) is 0 Å². The molecule has 0 bridgehead atoms. The van der Waals surface area contributed by atoms with E-state index in [2.05, 4.69) is 4.98 Å². The van der Waals surface area contributed by atoms with Crippen LogP contribution < -0.4 is 5.73 Å². The second-order valence-corrected chi connectivity index (χ2v) is 6.36. The van der Waals surface area contributed by atoms with Gasteiger partial charge in [-0.05, 0) is 19.8 Å². The van der Waals surface area contributed by atoms with Gasteiger partial charge in [-0.15, -0.1) is 11.3 Å². The van der Waals surface area contributed by atoms with Crippen molar-refractivity contribution >= 4 is 23.2 Å². The van der Waals surface area contributed by atoms with E-state index in [0.717, 1.165) is 17.0 Å². The zero-order chi connectivity index (χ0) is 15.7. The predicted molar refractivity (Wildman–Crippen MR) is 85.5 cm³/mol. The van der Waals surface area contributed by atoms with E-state index in [1.54, 1.807) is 4.90 Å². The van der Waals surface area contributed by atoms with Gasteiger partial charge in [0.05, 0.1) is 5.69 Å². The first-order chi connectivity index (χ1) is 10.6. The average molecular weight is 315 g/mol. The molecule has 1 aromatic heterocycles. The highest BCUT2D eigenvalue weighted by atomic mass is 32.1. The van der Waals surface area contributed by atoms with Crippen LogP contribution in [0.15, 0.2) is 30.3 Å². The summed E-state index contributed by atoms with van der Waals surface area (Å²) in [5, 5.41) is 0.816. The van der Waals surface area contributed by atoms with Crippen molar-refractivity contribution in [3.63, 3.8) is 0 Å². The van der Waals surface area contributed by atoms with Crippen LogP contribution in [0.4, 0.5) is 0 Å². The highest BCUT2D eigenvalue weighted by Gasteiger charge is 2.34. The second kappa shape index (κ2) is 5.88. The molecule has 2 amide bonds. The molecule has 2 N–H and O–H groups in total. The zero-order valence-corrected chi connectivity index (χ0v) is 13.1. The molecule has 0 aliphatic carbocycles. The minimum atomic E-state index is -0.492. The lowest BCUT2D eigenvalue weighted by Crippen LogP contribution is -2.43. The van der Waals surface area contributed by atoms with Gasteiger partial charge in [-0.1, -0.05) is 30.3 Å². The van der Waals surface area contributed by atoms with Crippen molar-refractivity contribution in [1.82, 2.24) is 9.88 Å². The molecule has 1 atom stereocenters. The molecule has 0 radical (unpaired) electrons. The molecule has 1 saturated heterocycles. The molecule has 5 nitrogen and oxygen atoms in total. The molecule has 3 rings (SSSR count). The topological polar surface area (TPSA) is 76.3 Å². The fourth-order valence-corrected chi connectivity index (χ4v) is 3.76. The van der Waals surface area contributed by atoms with Gasteiger partial charge in [0, 0.05) is 12.1 Å². The van der Waals surface area contributed by atoms with Gasteiger partial charge in [0.25, 0.3) is 5.91 Å². The van der Waals surface area contributed by atoms with Crippen molar-refractivity contribution in [2.75, 3.05) is 6.54 Å². The van der Waals surface area contributed by atoms with E-state index in [0.29, 0.717) is 23.5 Å². The molecule has 1 aromatic carbocycles. The second-order valence-electron chi connectivity index (χ2n) is 5.36. The van der Waals surface area contributed by atoms with Crippen LogP contribution in [0.5, 0.6) is 0 Å². The number of nitrogens with two attached hydrogens (primary N) is 1. The number of aromatic nitrogens is 1. The number of nitrogens with zero attached hydrogens (tertiary/aromatic N) is 2. The molecule has 2 aromatic rings. The largest absolute Gasteiger partial charge is 0.368 e. The van der Waals surface area contributed by atoms with Crippen molar-refractivity contribution in [1.29, 1.82) is 0 Å². The van der Waals surface area contributed by atoms with Crippen molar-refractivity contribution in [3.8, 4) is 10.6 Å². The summed E-state index contributed by atoms with van der Waals surface area (Å²) < 4.78 is 0. The lowest BCUT2D eigenvalue weighted by Gasteiger charge is -2.21. The number of amides is 2. The Bertz CT molecular complexity index is 711. The van der Waals surface area contributed by atoms with E-state index >= 15 is 0 Å². The summed E-state index contributed by atoms with van der Waals surface area (Å²) in [5.74, 6) is -0.574. The molecule has 6 heteroatoms. The van der Waals surface area contributed by atoms with E-state index in [9.17, 15) is 9.59 Å². The molecule has 1 aliphatic rings. The first-order valence-corrected chi connectivity index (χ1v) is 8.02. The van der Waals surface area contributed by atoms with E-state index < -0.39 is 11.9 Å². The SMILES string of the molecule is Cc1nc(-c2ccccc2)sc1C(=O)N1CCCC1C(N)=O. The number of rotatable bonds is 3. The molecule has 114 valence electrons. The van der Waals surface area contributed by atoms with Gasteiger partial charge in [0.2, 0.25) is 5.91 Å². The third-order valence-corrected chi connectivity index (χ3v) is 5.05. The van der Waals surface area contributed by atoms with Crippen LogP contribution in [0.25, 0.3) is 10.6 Å². The number of likely N-dealkylation sites (tertiary alicyclic amines) is 1.